The Bertz CT molecular complexity index is 421. The normalized spacial score (nSPS) is 25.5. The van der Waals surface area contributed by atoms with Crippen molar-refractivity contribution in [2.75, 3.05) is 26.2 Å². The molecule has 2 saturated heterocycles. The second kappa shape index (κ2) is 5.76. The van der Waals surface area contributed by atoms with Crippen LogP contribution in [0, 0.1) is 17.2 Å². The van der Waals surface area contributed by atoms with Gasteiger partial charge in [-0.25, -0.2) is 0 Å². The van der Waals surface area contributed by atoms with E-state index in [-0.39, 0.29) is 11.8 Å². The first-order valence-corrected chi connectivity index (χ1v) is 8.40. The minimum Gasteiger partial charge on any atom is -0.387 e. The average molecular weight is 288 g/mol. The van der Waals surface area contributed by atoms with Crippen molar-refractivity contribution in [3.63, 3.8) is 0 Å². The first-order chi connectivity index (χ1) is 8.91. The molecule has 2 aliphatic rings. The van der Waals surface area contributed by atoms with Crippen molar-refractivity contribution in [2.45, 2.75) is 32.6 Å². The van der Waals surface area contributed by atoms with Crippen molar-refractivity contribution in [1.29, 1.82) is 5.41 Å². The van der Waals surface area contributed by atoms with Crippen molar-refractivity contribution in [2.24, 2.45) is 17.6 Å². The predicted octanol–water partition coefficient (Wildman–Crippen LogP) is 0.611. The summed E-state index contributed by atoms with van der Waals surface area (Å²) < 4.78 is 28.2. The Labute approximate surface area is 115 Å². The lowest BCUT2D eigenvalue weighted by Crippen LogP contribution is -2.50. The summed E-state index contributed by atoms with van der Waals surface area (Å²) in [6.45, 7) is 4.41. The maximum absolute atomic E-state index is 12.5. The number of nitrogens with one attached hydrogen (secondary N) is 1. The van der Waals surface area contributed by atoms with E-state index in [2.05, 4.69) is 6.92 Å². The van der Waals surface area contributed by atoms with Gasteiger partial charge < -0.3 is 5.73 Å². The molecule has 0 saturated carbocycles. The first-order valence-electron chi connectivity index (χ1n) is 7.00. The maximum Gasteiger partial charge on any atom is 0.281 e. The minimum atomic E-state index is -3.30. The number of amidine groups is 1. The molecule has 0 unspecified atom stereocenters. The van der Waals surface area contributed by atoms with Crippen LogP contribution in [-0.4, -0.2) is 49.0 Å². The third-order valence-electron chi connectivity index (χ3n) is 4.29. The topological polar surface area (TPSA) is 90.5 Å². The molecule has 0 amide bonds. The van der Waals surface area contributed by atoms with E-state index < -0.39 is 10.2 Å². The molecule has 0 atom stereocenters. The molecule has 6 nitrogen and oxygen atoms in total. The van der Waals surface area contributed by atoms with Gasteiger partial charge in [0.05, 0.1) is 5.84 Å². The Hall–Kier alpha value is -0.660. The second-order valence-electron chi connectivity index (χ2n) is 5.72. The highest BCUT2D eigenvalue weighted by Crippen LogP contribution is 2.24. The highest BCUT2D eigenvalue weighted by Gasteiger charge is 2.34. The van der Waals surface area contributed by atoms with E-state index >= 15 is 0 Å². The van der Waals surface area contributed by atoms with Crippen molar-refractivity contribution in [3.05, 3.63) is 0 Å². The summed E-state index contributed by atoms with van der Waals surface area (Å²) in [5.41, 5.74) is 5.48. The summed E-state index contributed by atoms with van der Waals surface area (Å²) in [5, 5.41) is 7.43. The maximum atomic E-state index is 12.5. The number of hydrogen-bond acceptors (Lipinski definition) is 3. The largest absolute Gasteiger partial charge is 0.387 e. The predicted molar refractivity (Wildman–Crippen MR) is 75.1 cm³/mol. The fourth-order valence-corrected chi connectivity index (χ4v) is 4.45. The Kier molecular flexibility index (Phi) is 4.47. The monoisotopic (exact) mass is 288 g/mol. The molecule has 0 radical (unpaired) electrons. The lowest BCUT2D eigenvalue weighted by molar-refractivity contribution is 0.245. The van der Waals surface area contributed by atoms with Crippen LogP contribution in [-0.2, 0) is 10.2 Å². The lowest BCUT2D eigenvalue weighted by atomic mass is 9.97. The van der Waals surface area contributed by atoms with Gasteiger partial charge in [-0.15, -0.1) is 0 Å². The van der Waals surface area contributed by atoms with E-state index in [1.807, 2.05) is 0 Å². The molecular weight excluding hydrogens is 264 g/mol. The van der Waals surface area contributed by atoms with Crippen LogP contribution in [0.1, 0.15) is 32.6 Å². The molecule has 19 heavy (non-hydrogen) atoms. The van der Waals surface area contributed by atoms with Gasteiger partial charge in [-0.3, -0.25) is 5.41 Å². The van der Waals surface area contributed by atoms with Crippen LogP contribution in [0.4, 0.5) is 0 Å². The summed E-state index contributed by atoms with van der Waals surface area (Å²) in [4.78, 5) is 0. The summed E-state index contributed by atoms with van der Waals surface area (Å²) in [6, 6.07) is 0. The zero-order valence-corrected chi connectivity index (χ0v) is 12.3. The molecule has 0 spiro atoms. The van der Waals surface area contributed by atoms with E-state index in [1.165, 1.54) is 0 Å². The molecule has 2 aliphatic heterocycles. The van der Waals surface area contributed by atoms with Gasteiger partial charge in [0, 0.05) is 32.1 Å². The molecule has 2 fully saturated rings. The van der Waals surface area contributed by atoms with Gasteiger partial charge >= 0.3 is 0 Å². The summed E-state index contributed by atoms with van der Waals surface area (Å²) in [7, 11) is -3.30. The number of rotatable bonds is 3. The van der Waals surface area contributed by atoms with Crippen molar-refractivity contribution >= 4 is 16.0 Å². The third kappa shape index (κ3) is 3.27. The van der Waals surface area contributed by atoms with E-state index in [0.29, 0.717) is 44.9 Å². The van der Waals surface area contributed by atoms with E-state index in [1.54, 1.807) is 8.61 Å². The standard InChI is InChI=1S/C12H24N4O2S/c1-10-2-6-15(7-3-10)19(17,18)16-8-4-11(5-9-16)12(13)14/h10-11H,2-9H2,1H3,(H3,13,14). The van der Waals surface area contributed by atoms with Crippen molar-refractivity contribution in [3.8, 4) is 0 Å². The Morgan fingerprint density at radius 1 is 1.05 bits per heavy atom. The molecule has 110 valence electrons. The number of hydrogen-bond donors (Lipinski definition) is 2. The molecule has 0 bridgehead atoms. The SMILES string of the molecule is CC1CCN(S(=O)(=O)N2CCC(C(=N)N)CC2)CC1. The van der Waals surface area contributed by atoms with Crippen LogP contribution >= 0.6 is 0 Å². The Morgan fingerprint density at radius 3 is 1.89 bits per heavy atom. The molecule has 0 aliphatic carbocycles. The fraction of sp³-hybridized carbons (Fsp3) is 0.917. The molecule has 2 rings (SSSR count). The fourth-order valence-electron chi connectivity index (χ4n) is 2.78. The van der Waals surface area contributed by atoms with Gasteiger partial charge in [0.1, 0.15) is 0 Å². The molecule has 3 N–H and O–H groups in total. The Balaban J connectivity index is 1.96. The van der Waals surface area contributed by atoms with E-state index in [0.717, 1.165) is 12.8 Å². The lowest BCUT2D eigenvalue weighted by Gasteiger charge is -2.37. The van der Waals surface area contributed by atoms with E-state index in [9.17, 15) is 8.42 Å². The van der Waals surface area contributed by atoms with Crippen LogP contribution < -0.4 is 5.73 Å². The van der Waals surface area contributed by atoms with Crippen LogP contribution in [0.3, 0.4) is 0 Å². The Morgan fingerprint density at radius 2 is 1.47 bits per heavy atom. The van der Waals surface area contributed by atoms with Gasteiger partial charge in [0.15, 0.2) is 0 Å². The van der Waals surface area contributed by atoms with Gasteiger partial charge in [0.2, 0.25) is 0 Å². The highest BCUT2D eigenvalue weighted by molar-refractivity contribution is 7.86. The van der Waals surface area contributed by atoms with Gasteiger partial charge in [-0.1, -0.05) is 6.92 Å². The van der Waals surface area contributed by atoms with Gasteiger partial charge in [0.25, 0.3) is 10.2 Å². The molecule has 0 aromatic carbocycles. The van der Waals surface area contributed by atoms with Crippen molar-refractivity contribution < 1.29 is 8.42 Å². The summed E-state index contributed by atoms with van der Waals surface area (Å²) >= 11 is 0. The molecular formula is C12H24N4O2S. The average Bonchev–Trinajstić information content (AvgIpc) is 2.39. The van der Waals surface area contributed by atoms with Crippen molar-refractivity contribution in [1.82, 2.24) is 8.61 Å². The number of piperidine rings is 2. The second-order valence-corrected chi connectivity index (χ2v) is 7.65. The van der Waals surface area contributed by atoms with Crippen LogP contribution in [0.5, 0.6) is 0 Å². The highest BCUT2D eigenvalue weighted by atomic mass is 32.2. The van der Waals surface area contributed by atoms with Gasteiger partial charge in [-0.05, 0) is 31.6 Å². The zero-order valence-electron chi connectivity index (χ0n) is 11.5. The first kappa shape index (κ1) is 14.7. The van der Waals surface area contributed by atoms with E-state index in [4.69, 9.17) is 11.1 Å². The van der Waals surface area contributed by atoms with Crippen LogP contribution in [0.15, 0.2) is 0 Å². The molecule has 0 aromatic heterocycles. The smallest absolute Gasteiger partial charge is 0.281 e. The quantitative estimate of drug-likeness (QED) is 0.589. The van der Waals surface area contributed by atoms with Crippen LogP contribution in [0.25, 0.3) is 0 Å². The summed E-state index contributed by atoms with van der Waals surface area (Å²) in [6.07, 6.45) is 3.23. The molecule has 2 heterocycles. The van der Waals surface area contributed by atoms with Gasteiger partial charge in [-0.2, -0.15) is 17.0 Å². The molecule has 7 heteroatoms. The molecule has 0 aromatic rings. The minimum absolute atomic E-state index is 0.0489. The van der Waals surface area contributed by atoms with Crippen LogP contribution in [0.2, 0.25) is 0 Å². The zero-order chi connectivity index (χ0) is 14.0. The summed E-state index contributed by atoms with van der Waals surface area (Å²) in [5.74, 6) is 0.853. The number of nitrogens with two attached hydrogens (primary N) is 1. The third-order valence-corrected chi connectivity index (χ3v) is 6.32. The number of nitrogens with zero attached hydrogens (tertiary/aromatic N) is 2.